The summed E-state index contributed by atoms with van der Waals surface area (Å²) in [6.45, 7) is 6.50. The van der Waals surface area contributed by atoms with Gasteiger partial charge in [0.05, 0.1) is 20.8 Å². The second-order valence-electron chi connectivity index (χ2n) is 12.3. The number of anilines is 1. The summed E-state index contributed by atoms with van der Waals surface area (Å²) in [7, 11) is 0. The topological polar surface area (TPSA) is 152 Å². The van der Waals surface area contributed by atoms with Gasteiger partial charge in [-0.1, -0.05) is 19.9 Å². The Morgan fingerprint density at radius 3 is 2.52 bits per heavy atom. The van der Waals surface area contributed by atoms with Crippen molar-refractivity contribution in [3.63, 3.8) is 0 Å². The van der Waals surface area contributed by atoms with Gasteiger partial charge in [0.2, 0.25) is 0 Å². The summed E-state index contributed by atoms with van der Waals surface area (Å²) in [5.74, 6) is -0.938. The summed E-state index contributed by atoms with van der Waals surface area (Å²) in [6.07, 6.45) is 5.38. The van der Waals surface area contributed by atoms with E-state index in [4.69, 9.17) is 20.2 Å². The molecule has 0 unspecified atom stereocenters. The van der Waals surface area contributed by atoms with Gasteiger partial charge in [-0.2, -0.15) is 0 Å². The number of hydrogen-bond acceptors (Lipinski definition) is 10. The van der Waals surface area contributed by atoms with Gasteiger partial charge in [0.15, 0.2) is 18.2 Å². The standard InChI is InChI=1S/C34H38FN7O5S/c1-20(2)31(36)33(44)46-19-30(43)42-13-11-41(12-14-42)18-21-3-7-25(38-17-21)29-16-26-32(48-29)28(9-10-37-26)47-27-8-6-23(15-24(27)35)40-34(45)39-22-4-5-22/h3,6-10,15-17,20,22,31H,4-5,11-14,18-19,36H2,1-2H3,(H2,39,40,45)/t31-/m0/s1. The molecule has 48 heavy (non-hydrogen) atoms. The van der Waals surface area contributed by atoms with Crippen molar-refractivity contribution >= 4 is 45.1 Å². The molecular formula is C34H38FN7O5S. The molecule has 1 saturated carbocycles. The number of ether oxygens (including phenoxy) is 2. The fraction of sp³-hybridized carbons (Fsp3) is 0.382. The van der Waals surface area contributed by atoms with Crippen molar-refractivity contribution in [2.75, 3.05) is 38.1 Å². The highest BCUT2D eigenvalue weighted by molar-refractivity contribution is 7.22. The number of halogens is 1. The number of carbonyl (C=O) groups excluding carboxylic acids is 3. The largest absolute Gasteiger partial charge is 0.454 e. The van der Waals surface area contributed by atoms with Crippen LogP contribution in [0.1, 0.15) is 32.3 Å². The van der Waals surface area contributed by atoms with Crippen molar-refractivity contribution < 1.29 is 28.2 Å². The third-order valence-electron chi connectivity index (χ3n) is 8.23. The van der Waals surface area contributed by atoms with Crippen LogP contribution in [0.25, 0.3) is 20.8 Å². The van der Waals surface area contributed by atoms with Crippen LogP contribution in [0.15, 0.2) is 54.9 Å². The highest BCUT2D eigenvalue weighted by Crippen LogP contribution is 2.39. The Morgan fingerprint density at radius 1 is 1.04 bits per heavy atom. The molecule has 1 aliphatic carbocycles. The zero-order valence-electron chi connectivity index (χ0n) is 26.8. The van der Waals surface area contributed by atoms with E-state index >= 15 is 0 Å². The van der Waals surface area contributed by atoms with E-state index in [2.05, 4.69) is 20.5 Å². The maximum absolute atomic E-state index is 14.9. The summed E-state index contributed by atoms with van der Waals surface area (Å²) in [5.41, 5.74) is 8.66. The van der Waals surface area contributed by atoms with E-state index in [1.807, 2.05) is 38.2 Å². The summed E-state index contributed by atoms with van der Waals surface area (Å²) in [4.78, 5) is 50.5. The lowest BCUT2D eigenvalue weighted by Crippen LogP contribution is -2.49. The van der Waals surface area contributed by atoms with Gasteiger partial charge in [-0.3, -0.25) is 24.5 Å². The SMILES string of the molecule is CC(C)[C@H](N)C(=O)OCC(=O)N1CCN(Cc2ccc(-c3cc4nccc(Oc5ccc(NC(=O)NC6CC6)cc5F)c4s3)nc2)CC1. The Balaban J connectivity index is 1.03. The number of amides is 3. The molecule has 0 bridgehead atoms. The van der Waals surface area contributed by atoms with Crippen LogP contribution in [0, 0.1) is 11.7 Å². The molecule has 1 aromatic carbocycles. The van der Waals surface area contributed by atoms with Gasteiger partial charge < -0.3 is 30.7 Å². The minimum absolute atomic E-state index is 0.0353. The third-order valence-corrected chi connectivity index (χ3v) is 9.40. The molecule has 0 spiro atoms. The minimum Gasteiger partial charge on any atom is -0.454 e. The van der Waals surface area contributed by atoms with Crippen LogP contribution in [-0.4, -0.2) is 82.5 Å². The lowest BCUT2D eigenvalue weighted by atomic mass is 10.1. The Bertz CT molecular complexity index is 1790. The molecule has 4 heterocycles. The zero-order valence-corrected chi connectivity index (χ0v) is 27.6. The van der Waals surface area contributed by atoms with Crippen LogP contribution in [0.4, 0.5) is 14.9 Å². The van der Waals surface area contributed by atoms with Gasteiger partial charge in [0, 0.05) is 69.0 Å². The molecule has 1 saturated heterocycles. The first-order valence-electron chi connectivity index (χ1n) is 15.9. The molecule has 3 aromatic heterocycles. The number of nitrogens with one attached hydrogen (secondary N) is 2. The summed E-state index contributed by atoms with van der Waals surface area (Å²) in [6, 6.07) is 11.0. The second kappa shape index (κ2) is 14.6. The van der Waals surface area contributed by atoms with E-state index in [1.54, 1.807) is 23.2 Å². The Hall–Kier alpha value is -4.66. The number of pyridine rings is 2. The van der Waals surface area contributed by atoms with Crippen LogP contribution in [0.2, 0.25) is 0 Å². The van der Waals surface area contributed by atoms with Crippen molar-refractivity contribution in [2.45, 2.75) is 45.3 Å². The number of piperazine rings is 1. The highest BCUT2D eigenvalue weighted by Gasteiger charge is 2.25. The van der Waals surface area contributed by atoms with Gasteiger partial charge in [-0.05, 0) is 48.6 Å². The number of fused-ring (bicyclic) bond motifs is 1. The van der Waals surface area contributed by atoms with Crippen molar-refractivity contribution in [1.29, 1.82) is 0 Å². The fourth-order valence-electron chi connectivity index (χ4n) is 5.15. The Morgan fingerprint density at radius 2 is 1.83 bits per heavy atom. The first-order valence-corrected chi connectivity index (χ1v) is 16.8. The van der Waals surface area contributed by atoms with E-state index in [0.29, 0.717) is 49.7 Å². The molecule has 4 N–H and O–H groups in total. The molecule has 12 nitrogen and oxygen atoms in total. The van der Waals surface area contributed by atoms with Crippen LogP contribution in [0.3, 0.4) is 0 Å². The lowest BCUT2D eigenvalue weighted by Gasteiger charge is -2.34. The molecule has 2 aliphatic rings. The van der Waals surface area contributed by atoms with Crippen LogP contribution in [0.5, 0.6) is 11.5 Å². The van der Waals surface area contributed by atoms with Gasteiger partial charge in [0.25, 0.3) is 5.91 Å². The number of aromatic nitrogens is 2. The van der Waals surface area contributed by atoms with Crippen molar-refractivity contribution in [3.8, 4) is 22.1 Å². The second-order valence-corrected chi connectivity index (χ2v) is 13.4. The van der Waals surface area contributed by atoms with Crippen LogP contribution < -0.4 is 21.1 Å². The van der Waals surface area contributed by atoms with E-state index in [9.17, 15) is 18.8 Å². The molecule has 1 aliphatic heterocycles. The summed E-state index contributed by atoms with van der Waals surface area (Å²) in [5, 5.41) is 5.45. The van der Waals surface area contributed by atoms with Crippen molar-refractivity contribution in [2.24, 2.45) is 11.7 Å². The number of hydrogen-bond donors (Lipinski definition) is 3. The minimum atomic E-state index is -0.742. The fourth-order valence-corrected chi connectivity index (χ4v) is 6.19. The van der Waals surface area contributed by atoms with Gasteiger partial charge >= 0.3 is 12.0 Å². The predicted molar refractivity (Wildman–Crippen MR) is 180 cm³/mol. The summed E-state index contributed by atoms with van der Waals surface area (Å²) >= 11 is 1.45. The number of carbonyl (C=O) groups is 3. The van der Waals surface area contributed by atoms with Gasteiger partial charge in [0.1, 0.15) is 11.8 Å². The van der Waals surface area contributed by atoms with E-state index in [0.717, 1.165) is 33.7 Å². The maximum Gasteiger partial charge on any atom is 0.323 e. The quantitative estimate of drug-likeness (QED) is 0.191. The molecule has 14 heteroatoms. The molecule has 1 atom stereocenters. The maximum atomic E-state index is 14.9. The van der Waals surface area contributed by atoms with E-state index in [1.165, 1.54) is 23.5 Å². The van der Waals surface area contributed by atoms with Gasteiger partial charge in [-0.25, -0.2) is 9.18 Å². The molecular weight excluding hydrogens is 637 g/mol. The zero-order chi connectivity index (χ0) is 33.8. The number of benzene rings is 1. The average molecular weight is 676 g/mol. The number of nitrogens with zero attached hydrogens (tertiary/aromatic N) is 4. The number of thiophene rings is 1. The number of rotatable bonds is 11. The molecule has 0 radical (unpaired) electrons. The predicted octanol–water partition coefficient (Wildman–Crippen LogP) is 4.74. The Kier molecular flexibility index (Phi) is 10.1. The first-order chi connectivity index (χ1) is 23.1. The highest BCUT2D eigenvalue weighted by atomic mass is 32.1. The average Bonchev–Trinajstić information content (AvgIpc) is 3.78. The molecule has 4 aromatic rings. The van der Waals surface area contributed by atoms with Crippen molar-refractivity contribution in [3.05, 3.63) is 66.2 Å². The van der Waals surface area contributed by atoms with E-state index in [-0.39, 0.29) is 36.3 Å². The number of urea groups is 1. The monoisotopic (exact) mass is 675 g/mol. The molecule has 3 amide bonds. The lowest BCUT2D eigenvalue weighted by molar-refractivity contribution is -0.154. The number of nitrogens with two attached hydrogens (primary N) is 1. The first kappa shape index (κ1) is 33.2. The van der Waals surface area contributed by atoms with Gasteiger partial charge in [-0.15, -0.1) is 11.3 Å². The number of esters is 1. The third kappa shape index (κ3) is 8.24. The smallest absolute Gasteiger partial charge is 0.323 e. The normalized spacial score (nSPS) is 15.7. The van der Waals surface area contributed by atoms with Crippen LogP contribution in [-0.2, 0) is 20.9 Å². The Labute approximate surface area is 281 Å². The van der Waals surface area contributed by atoms with Crippen LogP contribution >= 0.6 is 11.3 Å². The molecule has 6 rings (SSSR count). The molecule has 252 valence electrons. The van der Waals surface area contributed by atoms with E-state index < -0.39 is 17.8 Å². The van der Waals surface area contributed by atoms with Crippen molar-refractivity contribution in [1.82, 2.24) is 25.1 Å². The summed E-state index contributed by atoms with van der Waals surface area (Å²) < 4.78 is 26.8. The molecule has 2 fully saturated rings.